The quantitative estimate of drug-likeness (QED) is 0.0344. The Morgan fingerprint density at radius 3 is 0.456 bits per heavy atom. The first-order chi connectivity index (χ1) is 38.9. The molecule has 0 radical (unpaired) electrons. The van der Waals surface area contributed by atoms with Gasteiger partial charge in [0.2, 0.25) is 0 Å². The number of hydrogen-bond donors (Lipinski definition) is 0. The summed E-state index contributed by atoms with van der Waals surface area (Å²) in [7, 11) is -7.70. The van der Waals surface area contributed by atoms with Crippen molar-refractivity contribution in [3.05, 3.63) is 273 Å². The van der Waals surface area contributed by atoms with Crippen molar-refractivity contribution in [1.82, 2.24) is 0 Å². The third kappa shape index (κ3) is 17.9. The molecule has 0 unspecified atom stereocenters. The van der Waals surface area contributed by atoms with Gasteiger partial charge in [-0.2, -0.15) is 0 Å². The van der Waals surface area contributed by atoms with Crippen LogP contribution < -0.4 is 62.8 Å². The zero-order valence-electron chi connectivity index (χ0n) is 47.2. The summed E-state index contributed by atoms with van der Waals surface area (Å²) in [6.45, 7) is 6.86. The van der Waals surface area contributed by atoms with Crippen LogP contribution in [0, 0.1) is 0 Å². The molecule has 0 amide bonds. The lowest BCUT2D eigenvalue weighted by Crippen LogP contribution is -2.56. The Morgan fingerprint density at radius 1 is 0.215 bits per heavy atom. The van der Waals surface area contributed by atoms with Crippen LogP contribution in [0.2, 0.25) is 0 Å². The van der Waals surface area contributed by atoms with Crippen molar-refractivity contribution in [3.8, 4) is 0 Å². The van der Waals surface area contributed by atoms with Gasteiger partial charge in [0.1, 0.15) is 69.5 Å². The van der Waals surface area contributed by atoms with E-state index in [1.165, 1.54) is 143 Å². The number of hydrogen-bond acceptors (Lipinski definition) is 3. The van der Waals surface area contributed by atoms with Crippen LogP contribution in [0.3, 0.4) is 0 Å². The van der Waals surface area contributed by atoms with E-state index >= 15 is 0 Å². The Balaban J connectivity index is 0.000000185. The molecule has 0 bridgehead atoms. The minimum atomic E-state index is -2.92. The lowest BCUT2D eigenvalue weighted by Gasteiger charge is -2.35. The Kier molecular flexibility index (Phi) is 27.7. The molecule has 0 aromatic heterocycles. The van der Waals surface area contributed by atoms with Crippen molar-refractivity contribution in [2.45, 2.75) is 97.8 Å². The van der Waals surface area contributed by atoms with Crippen LogP contribution in [-0.4, -0.2) is 25.8 Å². The monoisotopic (exact) mass is 1100 g/mol. The molecule has 7 heteroatoms. The van der Waals surface area contributed by atoms with Crippen molar-refractivity contribution >= 4 is 76.8 Å². The molecule has 0 fully saturated rings. The van der Waals surface area contributed by atoms with E-state index in [0.717, 1.165) is 0 Å². The second kappa shape index (κ2) is 35.1. The van der Waals surface area contributed by atoms with Gasteiger partial charge in [-0.1, -0.05) is 223 Å². The normalized spacial score (nSPS) is 11.2. The molecule has 0 N–H and O–H groups in total. The first-order valence-corrected chi connectivity index (χ1v) is 34.9. The smallest absolute Gasteiger partial charge is 0.112 e. The van der Waals surface area contributed by atoms with Crippen molar-refractivity contribution in [2.75, 3.05) is 18.5 Å². The van der Waals surface area contributed by atoms with Gasteiger partial charge in [-0.25, -0.2) is 0 Å². The van der Waals surface area contributed by atoms with Gasteiger partial charge < -0.3 is 15.1 Å². The molecule has 0 aliphatic rings. The summed E-state index contributed by atoms with van der Waals surface area (Å²) in [4.78, 5) is 0. The van der Waals surface area contributed by atoms with Gasteiger partial charge in [-0.15, -0.1) is 0 Å². The first kappa shape index (κ1) is 62.4. The highest BCUT2D eigenvalue weighted by Crippen LogP contribution is 2.58. The van der Waals surface area contributed by atoms with Crippen LogP contribution in [0.1, 0.15) is 97.8 Å². The zero-order valence-corrected chi connectivity index (χ0v) is 49.9. The molecule has 79 heavy (non-hydrogen) atoms. The van der Waals surface area contributed by atoms with E-state index in [1.807, 2.05) is 0 Å². The van der Waals surface area contributed by atoms with E-state index in [9.17, 15) is 0 Å². The fraction of sp³-hybridized carbons (Fsp3) is 0.250. The molecule has 408 valence electrons. The van der Waals surface area contributed by atoms with Gasteiger partial charge >= 0.3 is 0 Å². The van der Waals surface area contributed by atoms with Gasteiger partial charge in [-0.3, -0.25) is 7.32 Å². The summed E-state index contributed by atoms with van der Waals surface area (Å²) in [6, 6.07) is 101. The van der Waals surface area contributed by atoms with Gasteiger partial charge in [0.05, 0.1) is 18.5 Å². The largest absolute Gasteiger partial charge is 0.907 e. The maximum atomic E-state index is 8.42. The molecule has 9 aromatic rings. The zero-order chi connectivity index (χ0) is 55.7. The standard InChI is InChI=1S/3C24H28P.BO3/c3*1-2-3-4-14-21-25(22-15-8-5-9-16-22,23-17-10-6-11-18-23)24-19-12-7-13-20-24;2-1(3)4/h3*5-13,15-20H,2-4,14,21H2,1H3;/q3*+1;-3. The maximum absolute atomic E-state index is 8.42. The number of rotatable bonds is 24. The average molecular weight is 1100 g/mol. The molecular weight excluding hydrogens is 1020 g/mol. The van der Waals surface area contributed by atoms with Crippen LogP contribution in [0.25, 0.3) is 0 Å². The summed E-state index contributed by atoms with van der Waals surface area (Å²) in [6.07, 6.45) is 19.5. The highest BCUT2D eigenvalue weighted by atomic mass is 31.2. The second-order valence-corrected chi connectivity index (χ2v) is 30.9. The molecule has 9 rings (SSSR count). The second-order valence-electron chi connectivity index (χ2n) is 20.1. The lowest BCUT2D eigenvalue weighted by atomic mass is 10.2. The van der Waals surface area contributed by atoms with Crippen LogP contribution >= 0.6 is 21.8 Å². The number of unbranched alkanes of at least 4 members (excludes halogenated alkanes) is 9. The SMILES string of the molecule is CCCCCC[P+](c1ccccc1)(c1ccccc1)c1ccccc1.CCCCCC[P+](c1ccccc1)(c1ccccc1)c1ccccc1.CCCCCC[P+](c1ccccc1)(c1ccccc1)c1ccccc1.[O-]B([O-])[O-]. The summed E-state index contributed by atoms with van der Waals surface area (Å²) < 4.78 is 0. The summed E-state index contributed by atoms with van der Waals surface area (Å²) in [5.41, 5.74) is 0. The van der Waals surface area contributed by atoms with E-state index in [1.54, 1.807) is 0 Å². The topological polar surface area (TPSA) is 69.2 Å². The molecule has 9 aromatic carbocycles. The minimum absolute atomic E-state index is 1.25. The van der Waals surface area contributed by atoms with Crippen molar-refractivity contribution in [3.63, 3.8) is 0 Å². The molecular formula is C72H84BO3P3. The molecule has 0 aliphatic heterocycles. The van der Waals surface area contributed by atoms with E-state index < -0.39 is 29.1 Å². The molecule has 0 spiro atoms. The minimum Gasteiger partial charge on any atom is -0.907 e. The average Bonchev–Trinajstić information content (AvgIpc) is 3.63. The van der Waals surface area contributed by atoms with Crippen LogP contribution in [0.5, 0.6) is 0 Å². The molecule has 0 saturated carbocycles. The van der Waals surface area contributed by atoms with Crippen molar-refractivity contribution in [2.24, 2.45) is 0 Å². The summed E-state index contributed by atoms with van der Waals surface area (Å²) >= 11 is 0. The van der Waals surface area contributed by atoms with Gasteiger partial charge in [-0.05, 0) is 148 Å². The fourth-order valence-corrected chi connectivity index (χ4v) is 24.2. The van der Waals surface area contributed by atoms with E-state index in [2.05, 4.69) is 294 Å². The lowest BCUT2D eigenvalue weighted by molar-refractivity contribution is -0.479. The fourth-order valence-electron chi connectivity index (χ4n) is 11.0. The maximum Gasteiger partial charge on any atom is 0.112 e. The third-order valence-corrected chi connectivity index (χ3v) is 28.4. The van der Waals surface area contributed by atoms with Gasteiger partial charge in [0.25, 0.3) is 0 Å². The molecule has 3 nitrogen and oxygen atoms in total. The Labute approximate surface area is 478 Å². The van der Waals surface area contributed by atoms with Crippen molar-refractivity contribution < 1.29 is 15.1 Å². The Hall–Kier alpha value is -5.79. The summed E-state index contributed by atoms with van der Waals surface area (Å²) in [5.74, 6) is 0. The molecule has 0 aliphatic carbocycles. The van der Waals surface area contributed by atoms with Crippen LogP contribution in [-0.2, 0) is 0 Å². The first-order valence-electron chi connectivity index (χ1n) is 29.0. The van der Waals surface area contributed by atoms with E-state index in [-0.39, 0.29) is 0 Å². The molecule has 0 heterocycles. The van der Waals surface area contributed by atoms with E-state index in [4.69, 9.17) is 15.1 Å². The van der Waals surface area contributed by atoms with Crippen LogP contribution in [0.15, 0.2) is 273 Å². The summed E-state index contributed by atoms with van der Waals surface area (Å²) in [5, 5.41) is 38.8. The molecule has 0 atom stereocenters. The Bertz CT molecular complexity index is 2310. The highest BCUT2D eigenvalue weighted by molar-refractivity contribution is 7.96. The van der Waals surface area contributed by atoms with Gasteiger partial charge in [0.15, 0.2) is 0 Å². The predicted octanol–water partition coefficient (Wildman–Crippen LogP) is 12.7. The van der Waals surface area contributed by atoms with Crippen molar-refractivity contribution in [1.29, 1.82) is 0 Å². The Morgan fingerprint density at radius 2 is 0.342 bits per heavy atom. The highest BCUT2D eigenvalue weighted by Gasteiger charge is 2.46. The van der Waals surface area contributed by atoms with E-state index in [0.29, 0.717) is 0 Å². The molecule has 0 saturated heterocycles. The van der Waals surface area contributed by atoms with Crippen LogP contribution in [0.4, 0.5) is 0 Å². The third-order valence-electron chi connectivity index (χ3n) is 14.8. The predicted molar refractivity (Wildman–Crippen MR) is 348 cm³/mol. The number of benzene rings is 9. The van der Waals surface area contributed by atoms with Gasteiger partial charge in [0, 0.05) is 0 Å².